The molecule has 0 aliphatic rings. The molecule has 0 saturated heterocycles. The minimum absolute atomic E-state index is 0.0546. The first kappa shape index (κ1) is 17.0. The lowest BCUT2D eigenvalue weighted by atomic mass is 10.0. The molecule has 0 aliphatic carbocycles. The number of benzene rings is 1. The number of methoxy groups -OCH3 is 1. The van der Waals surface area contributed by atoms with E-state index in [0.717, 1.165) is 12.1 Å². The second-order valence-electron chi connectivity index (χ2n) is 5.02. The van der Waals surface area contributed by atoms with Crippen LogP contribution < -0.4 is 5.32 Å². The highest BCUT2D eigenvalue weighted by molar-refractivity contribution is 5.22. The van der Waals surface area contributed by atoms with Gasteiger partial charge in [-0.2, -0.15) is 0 Å². The van der Waals surface area contributed by atoms with E-state index in [1.165, 1.54) is 13.2 Å². The van der Waals surface area contributed by atoms with Crippen LogP contribution in [-0.2, 0) is 4.74 Å². The fourth-order valence-electron chi connectivity index (χ4n) is 1.82. The molecule has 1 aromatic rings. The first-order valence-electron chi connectivity index (χ1n) is 6.41. The maximum Gasteiger partial charge on any atom is 0.131 e. The number of aliphatic hydroxyl groups is 2. The molecule has 0 spiro atoms. The van der Waals surface area contributed by atoms with Gasteiger partial charge in [-0.15, -0.1) is 0 Å². The number of aliphatic hydroxyl groups excluding tert-OH is 1. The second-order valence-corrected chi connectivity index (χ2v) is 5.02. The van der Waals surface area contributed by atoms with E-state index in [4.69, 9.17) is 4.74 Å². The third-order valence-corrected chi connectivity index (χ3v) is 3.02. The number of hydrogen-bond donors (Lipinski definition) is 3. The molecule has 4 nitrogen and oxygen atoms in total. The Morgan fingerprint density at radius 1 is 1.35 bits per heavy atom. The first-order chi connectivity index (χ1) is 9.37. The normalized spacial score (nSPS) is 15.9. The molecule has 20 heavy (non-hydrogen) atoms. The number of ether oxygens (including phenoxy) is 1. The predicted molar refractivity (Wildman–Crippen MR) is 71.3 cm³/mol. The van der Waals surface area contributed by atoms with Crippen molar-refractivity contribution in [3.05, 3.63) is 35.4 Å². The Balaban J connectivity index is 2.50. The van der Waals surface area contributed by atoms with Crippen molar-refractivity contribution in [3.63, 3.8) is 0 Å². The Bertz CT molecular complexity index is 407. The Kier molecular flexibility index (Phi) is 6.48. The number of hydrogen-bond acceptors (Lipinski definition) is 4. The van der Waals surface area contributed by atoms with E-state index >= 15 is 0 Å². The summed E-state index contributed by atoms with van der Waals surface area (Å²) in [6.45, 7) is 2.15. The molecule has 0 saturated carbocycles. The summed E-state index contributed by atoms with van der Waals surface area (Å²) in [5, 5.41) is 22.6. The van der Waals surface area contributed by atoms with Crippen molar-refractivity contribution in [1.82, 2.24) is 5.32 Å². The highest BCUT2D eigenvalue weighted by Gasteiger charge is 2.22. The van der Waals surface area contributed by atoms with Gasteiger partial charge >= 0.3 is 0 Å². The summed E-state index contributed by atoms with van der Waals surface area (Å²) in [7, 11) is 1.54. The zero-order chi connectivity index (χ0) is 15.2. The van der Waals surface area contributed by atoms with Gasteiger partial charge in [0.05, 0.1) is 17.3 Å². The zero-order valence-electron chi connectivity index (χ0n) is 11.7. The molecule has 6 heteroatoms. The average molecular weight is 289 g/mol. The highest BCUT2D eigenvalue weighted by Crippen LogP contribution is 2.20. The third kappa shape index (κ3) is 5.13. The van der Waals surface area contributed by atoms with Crippen LogP contribution in [0.2, 0.25) is 0 Å². The first-order valence-corrected chi connectivity index (χ1v) is 6.41. The van der Waals surface area contributed by atoms with Gasteiger partial charge in [-0.3, -0.25) is 0 Å². The average Bonchev–Trinajstić information content (AvgIpc) is 2.36. The van der Waals surface area contributed by atoms with Gasteiger partial charge in [0.1, 0.15) is 11.6 Å². The van der Waals surface area contributed by atoms with E-state index in [1.807, 2.05) is 0 Å². The Labute approximate surface area is 117 Å². The summed E-state index contributed by atoms with van der Waals surface area (Å²) >= 11 is 0. The molecule has 0 heterocycles. The minimum atomic E-state index is -1.31. The van der Waals surface area contributed by atoms with Crippen molar-refractivity contribution >= 4 is 0 Å². The van der Waals surface area contributed by atoms with Crippen LogP contribution in [0.5, 0.6) is 0 Å². The van der Waals surface area contributed by atoms with Crippen LogP contribution >= 0.6 is 0 Å². The van der Waals surface area contributed by atoms with Gasteiger partial charge in [-0.25, -0.2) is 8.78 Å². The third-order valence-electron chi connectivity index (χ3n) is 3.02. The Morgan fingerprint density at radius 3 is 2.50 bits per heavy atom. The monoisotopic (exact) mass is 289 g/mol. The molecule has 114 valence electrons. The van der Waals surface area contributed by atoms with E-state index in [9.17, 15) is 19.0 Å². The number of halogens is 2. The quantitative estimate of drug-likeness (QED) is 0.676. The van der Waals surface area contributed by atoms with Gasteiger partial charge < -0.3 is 20.3 Å². The summed E-state index contributed by atoms with van der Waals surface area (Å²) < 4.78 is 31.7. The van der Waals surface area contributed by atoms with Gasteiger partial charge in [0.15, 0.2) is 0 Å². The molecular formula is C14H21F2NO3. The maximum absolute atomic E-state index is 13.4. The maximum atomic E-state index is 13.4. The molecule has 0 radical (unpaired) electrons. The lowest BCUT2D eigenvalue weighted by molar-refractivity contribution is 0.0223. The fourth-order valence-corrected chi connectivity index (χ4v) is 1.82. The minimum Gasteiger partial charge on any atom is -0.389 e. The smallest absolute Gasteiger partial charge is 0.131 e. The van der Waals surface area contributed by atoms with Crippen LogP contribution in [0, 0.1) is 11.6 Å². The van der Waals surface area contributed by atoms with Crippen molar-refractivity contribution in [2.75, 3.05) is 26.8 Å². The van der Waals surface area contributed by atoms with E-state index in [2.05, 4.69) is 5.32 Å². The molecule has 0 amide bonds. The summed E-state index contributed by atoms with van der Waals surface area (Å²) in [6.07, 6.45) is -0.893. The topological polar surface area (TPSA) is 61.7 Å². The van der Waals surface area contributed by atoms with Crippen LogP contribution in [-0.4, -0.2) is 42.6 Å². The zero-order valence-corrected chi connectivity index (χ0v) is 11.7. The lowest BCUT2D eigenvalue weighted by Crippen LogP contribution is -2.40. The molecule has 0 aliphatic heterocycles. The van der Waals surface area contributed by atoms with Crippen molar-refractivity contribution in [2.24, 2.45) is 0 Å². The largest absolute Gasteiger partial charge is 0.389 e. The van der Waals surface area contributed by atoms with Gasteiger partial charge in [0.25, 0.3) is 0 Å². The van der Waals surface area contributed by atoms with Crippen LogP contribution in [0.4, 0.5) is 8.78 Å². The van der Waals surface area contributed by atoms with Gasteiger partial charge in [0.2, 0.25) is 0 Å². The molecule has 0 fully saturated rings. The van der Waals surface area contributed by atoms with Crippen molar-refractivity contribution in [2.45, 2.75) is 25.0 Å². The Morgan fingerprint density at radius 2 is 1.95 bits per heavy atom. The van der Waals surface area contributed by atoms with Crippen LogP contribution in [0.1, 0.15) is 25.0 Å². The summed E-state index contributed by atoms with van der Waals surface area (Å²) in [5.74, 6) is -1.57. The fraction of sp³-hybridized carbons (Fsp3) is 0.571. The van der Waals surface area contributed by atoms with Gasteiger partial charge in [0, 0.05) is 33.2 Å². The van der Waals surface area contributed by atoms with E-state index in [0.29, 0.717) is 13.0 Å². The molecule has 2 unspecified atom stereocenters. The van der Waals surface area contributed by atoms with Gasteiger partial charge in [-0.05, 0) is 19.1 Å². The summed E-state index contributed by atoms with van der Waals surface area (Å²) in [6, 6.07) is 3.43. The molecule has 1 aromatic carbocycles. The van der Waals surface area contributed by atoms with Crippen molar-refractivity contribution in [3.8, 4) is 0 Å². The van der Waals surface area contributed by atoms with E-state index in [-0.39, 0.29) is 18.7 Å². The van der Waals surface area contributed by atoms with Crippen molar-refractivity contribution < 1.29 is 23.7 Å². The van der Waals surface area contributed by atoms with E-state index < -0.39 is 23.3 Å². The SMILES string of the molecule is COCCC(C)(O)CNCC(O)c1c(F)cccc1F. The molecular weight excluding hydrogens is 268 g/mol. The van der Waals surface area contributed by atoms with E-state index in [1.54, 1.807) is 6.92 Å². The summed E-state index contributed by atoms with van der Waals surface area (Å²) in [5.41, 5.74) is -1.37. The Hall–Kier alpha value is -1.08. The van der Waals surface area contributed by atoms with Gasteiger partial charge in [-0.1, -0.05) is 6.07 Å². The molecule has 1 rings (SSSR count). The number of rotatable bonds is 8. The molecule has 3 N–H and O–H groups in total. The van der Waals surface area contributed by atoms with Crippen LogP contribution in [0.25, 0.3) is 0 Å². The molecule has 0 aromatic heterocycles. The highest BCUT2D eigenvalue weighted by atomic mass is 19.1. The number of nitrogens with one attached hydrogen (secondary N) is 1. The molecule has 0 bridgehead atoms. The van der Waals surface area contributed by atoms with Crippen LogP contribution in [0.15, 0.2) is 18.2 Å². The lowest BCUT2D eigenvalue weighted by Gasteiger charge is -2.24. The summed E-state index contributed by atoms with van der Waals surface area (Å²) in [4.78, 5) is 0. The second kappa shape index (κ2) is 7.64. The van der Waals surface area contributed by atoms with Crippen LogP contribution in [0.3, 0.4) is 0 Å². The molecule has 2 atom stereocenters. The standard InChI is InChI=1S/C14H21F2NO3/c1-14(19,6-7-20-2)9-17-8-12(18)13-10(15)4-3-5-11(13)16/h3-5,12,17-19H,6-9H2,1-2H3. The van der Waals surface area contributed by atoms with Crippen molar-refractivity contribution in [1.29, 1.82) is 0 Å². The predicted octanol–water partition coefficient (Wildman–Crippen LogP) is 1.38.